The zero-order valence-corrected chi connectivity index (χ0v) is 9.39. The molecule has 1 fully saturated rings. The van der Waals surface area contributed by atoms with Gasteiger partial charge in [-0.15, -0.1) is 0 Å². The van der Waals surface area contributed by atoms with Crippen molar-refractivity contribution >= 4 is 11.0 Å². The van der Waals surface area contributed by atoms with Crippen LogP contribution in [-0.4, -0.2) is 37.4 Å². The highest BCUT2D eigenvalue weighted by Crippen LogP contribution is 2.23. The molecule has 1 unspecified atom stereocenters. The molecule has 3 heterocycles. The van der Waals surface area contributed by atoms with E-state index in [2.05, 4.69) is 10.3 Å². The van der Waals surface area contributed by atoms with E-state index in [1.165, 1.54) is 0 Å². The van der Waals surface area contributed by atoms with Crippen molar-refractivity contribution in [2.75, 3.05) is 26.3 Å². The molecule has 0 amide bonds. The first kappa shape index (κ1) is 10.6. The van der Waals surface area contributed by atoms with E-state index in [0.29, 0.717) is 12.5 Å². The highest BCUT2D eigenvalue weighted by atomic mass is 16.5. The minimum Gasteiger partial charge on any atom is -0.474 e. The molecule has 0 bridgehead atoms. The lowest BCUT2D eigenvalue weighted by Crippen LogP contribution is -2.41. The number of hydrogen-bond donors (Lipinski definition) is 1. The molecule has 5 heteroatoms. The van der Waals surface area contributed by atoms with E-state index < -0.39 is 0 Å². The van der Waals surface area contributed by atoms with Crippen LogP contribution in [0.5, 0.6) is 5.88 Å². The number of nitrogens with zero attached hydrogens (tertiary/aromatic N) is 1. The number of furan rings is 1. The highest BCUT2D eigenvalue weighted by Gasteiger charge is 2.15. The Kier molecular flexibility index (Phi) is 2.94. The topological polar surface area (TPSA) is 56.5 Å². The maximum atomic E-state index is 5.68. The van der Waals surface area contributed by atoms with Crippen LogP contribution in [0.25, 0.3) is 11.0 Å². The summed E-state index contributed by atoms with van der Waals surface area (Å²) in [6, 6.07) is 3.68. The summed E-state index contributed by atoms with van der Waals surface area (Å²) < 4.78 is 16.5. The molecule has 0 radical (unpaired) electrons. The van der Waals surface area contributed by atoms with Crippen LogP contribution < -0.4 is 10.1 Å². The summed E-state index contributed by atoms with van der Waals surface area (Å²) in [5, 5.41) is 4.16. The first-order valence-electron chi connectivity index (χ1n) is 5.71. The van der Waals surface area contributed by atoms with E-state index in [4.69, 9.17) is 13.9 Å². The number of morpholine rings is 1. The lowest BCUT2D eigenvalue weighted by Gasteiger charge is -2.23. The summed E-state index contributed by atoms with van der Waals surface area (Å²) in [5.41, 5.74) is 0.790. The second-order valence-corrected chi connectivity index (χ2v) is 3.96. The number of aromatic nitrogens is 1. The number of nitrogens with one attached hydrogen (secondary N) is 1. The zero-order chi connectivity index (χ0) is 11.5. The minimum absolute atomic E-state index is 0.0905. The highest BCUT2D eigenvalue weighted by molar-refractivity contribution is 5.81. The Morgan fingerprint density at radius 2 is 2.47 bits per heavy atom. The van der Waals surface area contributed by atoms with Crippen LogP contribution in [0.15, 0.2) is 29.0 Å². The third-order valence-corrected chi connectivity index (χ3v) is 2.75. The van der Waals surface area contributed by atoms with Gasteiger partial charge < -0.3 is 19.2 Å². The molecule has 0 saturated carbocycles. The van der Waals surface area contributed by atoms with E-state index in [0.717, 1.165) is 30.7 Å². The van der Waals surface area contributed by atoms with Gasteiger partial charge in [-0.2, -0.15) is 0 Å². The predicted octanol–water partition coefficient (Wildman–Crippen LogP) is 1.19. The molecule has 5 nitrogen and oxygen atoms in total. The van der Waals surface area contributed by atoms with Crippen LogP contribution in [0.2, 0.25) is 0 Å². The molecule has 3 rings (SSSR count). The summed E-state index contributed by atoms with van der Waals surface area (Å²) in [7, 11) is 0. The number of rotatable bonds is 3. The van der Waals surface area contributed by atoms with Crippen molar-refractivity contribution in [1.82, 2.24) is 10.3 Å². The van der Waals surface area contributed by atoms with Gasteiger partial charge in [0.15, 0.2) is 0 Å². The molecule has 0 aromatic carbocycles. The Balaban J connectivity index is 1.69. The molecule has 0 spiro atoms. The largest absolute Gasteiger partial charge is 0.474 e. The van der Waals surface area contributed by atoms with Crippen molar-refractivity contribution in [3.63, 3.8) is 0 Å². The average molecular weight is 234 g/mol. The third-order valence-electron chi connectivity index (χ3n) is 2.75. The number of ether oxygens (including phenoxy) is 2. The molecule has 2 aromatic heterocycles. The normalized spacial score (nSPS) is 20.6. The van der Waals surface area contributed by atoms with Gasteiger partial charge in [0.05, 0.1) is 18.3 Å². The Morgan fingerprint density at radius 3 is 3.35 bits per heavy atom. The summed E-state index contributed by atoms with van der Waals surface area (Å²) in [6.07, 6.45) is 3.41. The Labute approximate surface area is 98.7 Å². The van der Waals surface area contributed by atoms with Crippen molar-refractivity contribution in [2.24, 2.45) is 0 Å². The summed E-state index contributed by atoms with van der Waals surface area (Å²) in [4.78, 5) is 4.21. The van der Waals surface area contributed by atoms with Crippen molar-refractivity contribution < 1.29 is 13.9 Å². The smallest absolute Gasteiger partial charge is 0.224 e. The lowest BCUT2D eigenvalue weighted by molar-refractivity contribution is -0.000388. The van der Waals surface area contributed by atoms with Gasteiger partial charge in [0, 0.05) is 19.3 Å². The molecule has 1 N–H and O–H groups in total. The number of fused-ring (bicyclic) bond motifs is 1. The Morgan fingerprint density at radius 1 is 1.47 bits per heavy atom. The molecular formula is C12H14N2O3. The van der Waals surface area contributed by atoms with Crippen LogP contribution in [-0.2, 0) is 4.74 Å². The van der Waals surface area contributed by atoms with E-state index in [1.54, 1.807) is 12.5 Å². The van der Waals surface area contributed by atoms with Crippen molar-refractivity contribution in [3.8, 4) is 5.88 Å². The summed E-state index contributed by atoms with van der Waals surface area (Å²) >= 11 is 0. The molecule has 1 atom stereocenters. The standard InChI is InChI=1S/C12H14N2O3/c1-3-14-12(10-2-5-16-11(1)10)17-8-9-7-13-4-6-15-9/h1-3,5,9,13H,4,6-8H2. The Hall–Kier alpha value is -1.59. The number of hydrogen-bond acceptors (Lipinski definition) is 5. The van der Waals surface area contributed by atoms with E-state index >= 15 is 0 Å². The van der Waals surface area contributed by atoms with E-state index in [1.807, 2.05) is 12.1 Å². The van der Waals surface area contributed by atoms with Gasteiger partial charge in [-0.3, -0.25) is 0 Å². The first-order valence-corrected chi connectivity index (χ1v) is 5.71. The third kappa shape index (κ3) is 2.25. The quantitative estimate of drug-likeness (QED) is 0.864. The van der Waals surface area contributed by atoms with Gasteiger partial charge >= 0.3 is 0 Å². The molecule has 1 aliphatic heterocycles. The van der Waals surface area contributed by atoms with Gasteiger partial charge in [0.2, 0.25) is 5.88 Å². The zero-order valence-electron chi connectivity index (χ0n) is 9.39. The number of pyridine rings is 1. The molecule has 0 aliphatic carbocycles. The van der Waals surface area contributed by atoms with Crippen LogP contribution >= 0.6 is 0 Å². The van der Waals surface area contributed by atoms with Gasteiger partial charge in [-0.05, 0) is 12.1 Å². The second kappa shape index (κ2) is 4.73. The first-order chi connectivity index (χ1) is 8.43. The van der Waals surface area contributed by atoms with Crippen LogP contribution in [0, 0.1) is 0 Å². The van der Waals surface area contributed by atoms with E-state index in [-0.39, 0.29) is 6.10 Å². The molecular weight excluding hydrogens is 220 g/mol. The van der Waals surface area contributed by atoms with Gasteiger partial charge in [-0.1, -0.05) is 0 Å². The van der Waals surface area contributed by atoms with Gasteiger partial charge in [0.25, 0.3) is 0 Å². The van der Waals surface area contributed by atoms with Gasteiger partial charge in [0.1, 0.15) is 18.3 Å². The van der Waals surface area contributed by atoms with Gasteiger partial charge in [-0.25, -0.2) is 4.98 Å². The fourth-order valence-electron chi connectivity index (χ4n) is 1.88. The molecule has 17 heavy (non-hydrogen) atoms. The van der Waals surface area contributed by atoms with Crippen molar-refractivity contribution in [2.45, 2.75) is 6.10 Å². The molecule has 2 aromatic rings. The maximum Gasteiger partial charge on any atom is 0.224 e. The fourth-order valence-corrected chi connectivity index (χ4v) is 1.88. The van der Waals surface area contributed by atoms with Crippen LogP contribution in [0.1, 0.15) is 0 Å². The molecule has 90 valence electrons. The monoisotopic (exact) mass is 234 g/mol. The summed E-state index contributed by atoms with van der Waals surface area (Å²) in [6.45, 7) is 2.97. The summed E-state index contributed by atoms with van der Waals surface area (Å²) in [5.74, 6) is 0.602. The average Bonchev–Trinajstić information content (AvgIpc) is 2.86. The lowest BCUT2D eigenvalue weighted by atomic mass is 10.3. The molecule has 1 aliphatic rings. The molecule has 1 saturated heterocycles. The van der Waals surface area contributed by atoms with Crippen LogP contribution in [0.4, 0.5) is 0 Å². The SMILES string of the molecule is c1cc2occc2c(OCC2CNCCO2)n1. The Bertz CT molecular complexity index is 491. The fraction of sp³-hybridized carbons (Fsp3) is 0.417. The minimum atomic E-state index is 0.0905. The maximum absolute atomic E-state index is 5.68. The van der Waals surface area contributed by atoms with E-state index in [9.17, 15) is 0 Å². The van der Waals surface area contributed by atoms with Crippen molar-refractivity contribution in [3.05, 3.63) is 24.6 Å². The second-order valence-electron chi connectivity index (χ2n) is 3.96. The van der Waals surface area contributed by atoms with Crippen molar-refractivity contribution in [1.29, 1.82) is 0 Å². The predicted molar refractivity (Wildman–Crippen MR) is 62.1 cm³/mol. The van der Waals surface area contributed by atoms with Crippen LogP contribution in [0.3, 0.4) is 0 Å².